The summed E-state index contributed by atoms with van der Waals surface area (Å²) < 4.78 is 0. The van der Waals surface area contributed by atoms with E-state index in [1.165, 1.54) is 13.8 Å². The molecular formula is C7H7ClN2O2S. The first-order chi connectivity index (χ1) is 6.00. The Bertz CT molecular complexity index is 361. The number of hydrogen-bond acceptors (Lipinski definition) is 4. The predicted octanol–water partition coefficient (Wildman–Crippen LogP) is 1.96. The van der Waals surface area contributed by atoms with Crippen LogP contribution in [-0.2, 0) is 4.79 Å². The van der Waals surface area contributed by atoms with Gasteiger partial charge in [0.05, 0.1) is 0 Å². The molecule has 0 aliphatic carbocycles. The van der Waals surface area contributed by atoms with Crippen molar-refractivity contribution in [2.45, 2.75) is 13.8 Å². The Balaban J connectivity index is 2.95. The van der Waals surface area contributed by atoms with E-state index in [-0.39, 0.29) is 16.8 Å². The van der Waals surface area contributed by atoms with Gasteiger partial charge in [-0.3, -0.25) is 9.59 Å². The van der Waals surface area contributed by atoms with Crippen LogP contribution >= 0.6 is 22.9 Å². The Morgan fingerprint density at radius 1 is 1.46 bits per heavy atom. The molecule has 1 aromatic heterocycles. The van der Waals surface area contributed by atoms with Crippen LogP contribution in [0.2, 0.25) is 5.15 Å². The number of carbonyl (C=O) groups is 2. The Morgan fingerprint density at radius 3 is 2.46 bits per heavy atom. The predicted molar refractivity (Wildman–Crippen MR) is 51.4 cm³/mol. The fourth-order valence-corrected chi connectivity index (χ4v) is 1.90. The monoisotopic (exact) mass is 218 g/mol. The number of aromatic nitrogens is 1. The molecule has 0 aromatic carbocycles. The van der Waals surface area contributed by atoms with Crippen molar-refractivity contribution in [1.29, 1.82) is 0 Å². The first kappa shape index (κ1) is 10.1. The van der Waals surface area contributed by atoms with Gasteiger partial charge in [0, 0.05) is 13.8 Å². The molecule has 1 rings (SSSR count). The molecule has 1 N–H and O–H groups in total. The summed E-state index contributed by atoms with van der Waals surface area (Å²) in [5.41, 5.74) is 0. The van der Waals surface area contributed by atoms with Gasteiger partial charge in [0.1, 0.15) is 4.88 Å². The van der Waals surface area contributed by atoms with Gasteiger partial charge in [0.2, 0.25) is 5.91 Å². The average Bonchev–Trinajstić information content (AvgIpc) is 2.29. The molecule has 1 amide bonds. The van der Waals surface area contributed by atoms with Crippen LogP contribution in [0.3, 0.4) is 0 Å². The quantitative estimate of drug-likeness (QED) is 0.772. The molecule has 13 heavy (non-hydrogen) atoms. The van der Waals surface area contributed by atoms with Gasteiger partial charge in [-0.15, -0.1) is 0 Å². The number of amides is 1. The molecule has 1 heterocycles. The minimum atomic E-state index is -0.236. The maximum atomic E-state index is 10.9. The van der Waals surface area contributed by atoms with Crippen molar-refractivity contribution in [3.63, 3.8) is 0 Å². The van der Waals surface area contributed by atoms with E-state index < -0.39 is 0 Å². The number of Topliss-reactive ketones (excluding diaryl/α,β-unsaturated/α-hetero) is 1. The van der Waals surface area contributed by atoms with Crippen LogP contribution in [0.4, 0.5) is 5.13 Å². The van der Waals surface area contributed by atoms with Gasteiger partial charge in [-0.1, -0.05) is 22.9 Å². The fraction of sp³-hybridized carbons (Fsp3) is 0.286. The summed E-state index contributed by atoms with van der Waals surface area (Å²) in [4.78, 5) is 25.7. The maximum Gasteiger partial charge on any atom is 0.223 e. The van der Waals surface area contributed by atoms with E-state index in [0.717, 1.165) is 11.3 Å². The number of rotatable bonds is 2. The van der Waals surface area contributed by atoms with Gasteiger partial charge in [-0.05, 0) is 0 Å². The lowest BCUT2D eigenvalue weighted by molar-refractivity contribution is -0.114. The average molecular weight is 219 g/mol. The zero-order valence-corrected chi connectivity index (χ0v) is 8.62. The molecule has 0 spiro atoms. The lowest BCUT2D eigenvalue weighted by Gasteiger charge is -1.91. The van der Waals surface area contributed by atoms with Crippen molar-refractivity contribution in [2.24, 2.45) is 0 Å². The highest BCUT2D eigenvalue weighted by atomic mass is 35.5. The van der Waals surface area contributed by atoms with E-state index in [2.05, 4.69) is 10.3 Å². The fourth-order valence-electron chi connectivity index (χ4n) is 0.723. The largest absolute Gasteiger partial charge is 0.302 e. The zero-order valence-electron chi connectivity index (χ0n) is 7.05. The van der Waals surface area contributed by atoms with E-state index in [9.17, 15) is 9.59 Å². The number of hydrogen-bond donors (Lipinski definition) is 1. The van der Waals surface area contributed by atoms with Crippen LogP contribution < -0.4 is 5.32 Å². The third-order valence-electron chi connectivity index (χ3n) is 1.19. The number of anilines is 1. The van der Waals surface area contributed by atoms with Crippen molar-refractivity contribution in [3.8, 4) is 0 Å². The molecule has 0 aliphatic heterocycles. The van der Waals surface area contributed by atoms with Gasteiger partial charge in [-0.25, -0.2) is 4.98 Å². The van der Waals surface area contributed by atoms with Gasteiger partial charge < -0.3 is 5.32 Å². The summed E-state index contributed by atoms with van der Waals surface area (Å²) in [6.07, 6.45) is 0. The van der Waals surface area contributed by atoms with Crippen molar-refractivity contribution < 1.29 is 9.59 Å². The highest BCUT2D eigenvalue weighted by Crippen LogP contribution is 2.26. The van der Waals surface area contributed by atoms with Crippen LogP contribution in [0.25, 0.3) is 0 Å². The number of ketones is 1. The van der Waals surface area contributed by atoms with Crippen molar-refractivity contribution in [3.05, 3.63) is 10.0 Å². The number of thiazole rings is 1. The lowest BCUT2D eigenvalue weighted by Crippen LogP contribution is -2.04. The highest BCUT2D eigenvalue weighted by molar-refractivity contribution is 7.18. The minimum Gasteiger partial charge on any atom is -0.302 e. The molecule has 4 nitrogen and oxygen atoms in total. The first-order valence-electron chi connectivity index (χ1n) is 3.45. The highest BCUT2D eigenvalue weighted by Gasteiger charge is 2.13. The van der Waals surface area contributed by atoms with Crippen LogP contribution in [0.1, 0.15) is 23.5 Å². The van der Waals surface area contributed by atoms with Crippen LogP contribution in [0.15, 0.2) is 0 Å². The maximum absolute atomic E-state index is 10.9. The Hall–Kier alpha value is -0.940. The molecular weight excluding hydrogens is 212 g/mol. The number of nitrogens with one attached hydrogen (secondary N) is 1. The van der Waals surface area contributed by atoms with Gasteiger partial charge in [-0.2, -0.15) is 0 Å². The van der Waals surface area contributed by atoms with E-state index >= 15 is 0 Å². The number of nitrogens with zero attached hydrogens (tertiary/aromatic N) is 1. The summed E-state index contributed by atoms with van der Waals surface area (Å²) in [6.45, 7) is 2.76. The molecule has 70 valence electrons. The molecule has 0 bridgehead atoms. The first-order valence-corrected chi connectivity index (χ1v) is 4.65. The molecule has 0 atom stereocenters. The van der Waals surface area contributed by atoms with Crippen LogP contribution in [0, 0.1) is 0 Å². The van der Waals surface area contributed by atoms with Crippen molar-refractivity contribution in [2.75, 3.05) is 5.32 Å². The lowest BCUT2D eigenvalue weighted by atomic mass is 10.4. The smallest absolute Gasteiger partial charge is 0.223 e. The third kappa shape index (κ3) is 2.50. The van der Waals surface area contributed by atoms with E-state index in [1.54, 1.807) is 0 Å². The van der Waals surface area contributed by atoms with Gasteiger partial charge in [0.25, 0.3) is 0 Å². The topological polar surface area (TPSA) is 59.1 Å². The minimum absolute atomic E-state index is 0.140. The van der Waals surface area contributed by atoms with E-state index in [4.69, 9.17) is 11.6 Å². The molecule has 1 aromatic rings. The normalized spacial score (nSPS) is 9.77. The van der Waals surface area contributed by atoms with E-state index in [0.29, 0.717) is 10.0 Å². The molecule has 6 heteroatoms. The third-order valence-corrected chi connectivity index (χ3v) is 2.65. The van der Waals surface area contributed by atoms with Gasteiger partial charge in [0.15, 0.2) is 16.1 Å². The molecule has 0 unspecified atom stereocenters. The van der Waals surface area contributed by atoms with Crippen LogP contribution in [0.5, 0.6) is 0 Å². The standard InChI is InChI=1S/C7H7ClN2O2S/c1-3(11)5-6(8)10-7(13-5)9-4(2)12/h1-2H3,(H,9,10,12). The summed E-state index contributed by atoms with van der Waals surface area (Å²) in [6, 6.07) is 0. The second-order valence-corrected chi connectivity index (χ2v) is 3.73. The number of carbonyl (C=O) groups excluding carboxylic acids is 2. The van der Waals surface area contributed by atoms with Crippen molar-refractivity contribution in [1.82, 2.24) is 4.98 Å². The molecule has 0 saturated heterocycles. The summed E-state index contributed by atoms with van der Waals surface area (Å²) >= 11 is 6.72. The molecule has 0 saturated carbocycles. The molecule has 0 radical (unpaired) electrons. The van der Waals surface area contributed by atoms with Gasteiger partial charge >= 0.3 is 0 Å². The van der Waals surface area contributed by atoms with Crippen LogP contribution in [-0.4, -0.2) is 16.7 Å². The van der Waals surface area contributed by atoms with Crippen molar-refractivity contribution >= 4 is 39.8 Å². The Labute approximate surface area is 83.9 Å². The summed E-state index contributed by atoms with van der Waals surface area (Å²) in [5, 5.41) is 2.94. The number of halogens is 1. The Morgan fingerprint density at radius 2 is 2.08 bits per heavy atom. The molecule has 0 fully saturated rings. The Kier molecular flexibility index (Phi) is 3.00. The zero-order chi connectivity index (χ0) is 10.0. The summed E-state index contributed by atoms with van der Waals surface area (Å²) in [7, 11) is 0. The summed E-state index contributed by atoms with van der Waals surface area (Å²) in [5.74, 6) is -0.389. The second kappa shape index (κ2) is 3.85. The molecule has 0 aliphatic rings. The second-order valence-electron chi connectivity index (χ2n) is 2.38. The van der Waals surface area contributed by atoms with E-state index in [1.807, 2.05) is 0 Å². The SMILES string of the molecule is CC(=O)Nc1nc(Cl)c(C(C)=O)s1.